The van der Waals surface area contributed by atoms with Gasteiger partial charge in [0.15, 0.2) is 0 Å². The predicted octanol–water partition coefficient (Wildman–Crippen LogP) is 5.60. The third-order valence-corrected chi connectivity index (χ3v) is 7.01. The maximum atomic E-state index is 14.3. The molecule has 1 fully saturated rings. The summed E-state index contributed by atoms with van der Waals surface area (Å²) in [4.78, 5) is 27.4. The predicted molar refractivity (Wildman–Crippen MR) is 138 cm³/mol. The van der Waals surface area contributed by atoms with Gasteiger partial charge in [-0.25, -0.2) is 8.78 Å². The molecule has 2 aliphatic rings. The van der Waals surface area contributed by atoms with Crippen LogP contribution in [0.4, 0.5) is 20.2 Å². The van der Waals surface area contributed by atoms with Crippen molar-refractivity contribution in [1.29, 1.82) is 0 Å². The Morgan fingerprint density at radius 2 is 1.67 bits per heavy atom. The Hall–Kier alpha value is -3.59. The summed E-state index contributed by atoms with van der Waals surface area (Å²) in [6.45, 7) is 1.85. The molecule has 36 heavy (non-hydrogen) atoms. The molecule has 0 radical (unpaired) electrons. The Kier molecular flexibility index (Phi) is 8.10. The van der Waals surface area contributed by atoms with Crippen molar-refractivity contribution in [3.05, 3.63) is 77.9 Å². The number of amides is 2. The minimum Gasteiger partial charge on any atom is -0.457 e. The first-order valence-electron chi connectivity index (χ1n) is 11.6. The number of para-hydroxylation sites is 1. The number of carbonyl (C=O) groups excluding carboxylic acids is 2. The topological polar surface area (TPSA) is 75.9 Å². The lowest BCUT2D eigenvalue weighted by atomic mass is 10.2. The van der Waals surface area contributed by atoms with E-state index in [9.17, 15) is 18.4 Å². The van der Waals surface area contributed by atoms with Crippen LogP contribution in [0.1, 0.15) is 29.6 Å². The highest BCUT2D eigenvalue weighted by atomic mass is 32.2. The van der Waals surface area contributed by atoms with E-state index in [0.717, 1.165) is 42.6 Å². The van der Waals surface area contributed by atoms with Gasteiger partial charge < -0.3 is 20.3 Å². The second-order valence-corrected chi connectivity index (χ2v) is 9.57. The van der Waals surface area contributed by atoms with E-state index in [-0.39, 0.29) is 17.3 Å². The maximum absolute atomic E-state index is 14.3. The summed E-state index contributed by atoms with van der Waals surface area (Å²) < 4.78 is 32.9. The number of primary amides is 1. The number of hydrogen-bond acceptors (Lipinski definition) is 5. The van der Waals surface area contributed by atoms with E-state index in [1.165, 1.54) is 18.2 Å². The molecule has 0 aliphatic carbocycles. The first-order chi connectivity index (χ1) is 17.3. The molecule has 5 rings (SSSR count). The monoisotopic (exact) mass is 511 g/mol. The molecule has 6 nitrogen and oxygen atoms in total. The van der Waals surface area contributed by atoms with Crippen molar-refractivity contribution in [2.45, 2.75) is 24.2 Å². The zero-order valence-corrected chi connectivity index (χ0v) is 20.7. The van der Waals surface area contributed by atoms with Crippen molar-refractivity contribution < 1.29 is 23.1 Å². The fourth-order valence-corrected chi connectivity index (χ4v) is 5.08. The minimum absolute atomic E-state index is 0.0552. The molecule has 0 saturated carbocycles. The SMILES string of the molecule is CN1C(=O)CCSc2cc(N3CCCC3)c(F)cc21.NC(=O)c1cc(Oc2ccccc2)ccc1F. The lowest BCUT2D eigenvalue weighted by Crippen LogP contribution is -2.26. The molecule has 2 heterocycles. The van der Waals surface area contributed by atoms with Crippen molar-refractivity contribution in [1.82, 2.24) is 0 Å². The quantitative estimate of drug-likeness (QED) is 0.493. The van der Waals surface area contributed by atoms with Gasteiger partial charge in [0.05, 0.1) is 16.9 Å². The van der Waals surface area contributed by atoms with Crippen LogP contribution in [0.5, 0.6) is 11.5 Å². The molecule has 0 unspecified atom stereocenters. The lowest BCUT2D eigenvalue weighted by molar-refractivity contribution is -0.117. The summed E-state index contributed by atoms with van der Waals surface area (Å²) in [5.41, 5.74) is 6.25. The van der Waals surface area contributed by atoms with Gasteiger partial charge in [0.2, 0.25) is 5.91 Å². The standard InChI is InChI=1S/C14H17FN2OS.C13H10FNO2/c1-16-12-8-10(15)11(17-5-2-3-6-17)9-13(12)19-7-4-14(16)18;14-12-7-6-10(8-11(12)13(15)16)17-9-4-2-1-3-5-9/h8-9H,2-7H2,1H3;1-8H,(H2,15,16). The lowest BCUT2D eigenvalue weighted by Gasteiger charge is -2.22. The van der Waals surface area contributed by atoms with Gasteiger partial charge in [0, 0.05) is 43.3 Å². The molecule has 3 aromatic carbocycles. The van der Waals surface area contributed by atoms with Crippen molar-refractivity contribution in [2.75, 3.05) is 35.7 Å². The number of carbonyl (C=O) groups is 2. The van der Waals surface area contributed by atoms with Gasteiger partial charge in [-0.05, 0) is 49.2 Å². The zero-order valence-electron chi connectivity index (χ0n) is 19.9. The second-order valence-electron chi connectivity index (χ2n) is 8.44. The van der Waals surface area contributed by atoms with Crippen LogP contribution < -0.4 is 20.3 Å². The number of nitrogens with zero attached hydrogens (tertiary/aromatic N) is 2. The third kappa shape index (κ3) is 5.96. The summed E-state index contributed by atoms with van der Waals surface area (Å²) in [5.74, 6) is 0.101. The molecular formula is C27H27F2N3O3S. The number of rotatable bonds is 4. The number of benzene rings is 3. The van der Waals surface area contributed by atoms with E-state index in [1.807, 2.05) is 24.3 Å². The molecule has 2 N–H and O–H groups in total. The number of thioether (sulfide) groups is 1. The van der Waals surface area contributed by atoms with E-state index in [1.54, 1.807) is 35.8 Å². The van der Waals surface area contributed by atoms with Crippen LogP contribution in [0.25, 0.3) is 0 Å². The largest absolute Gasteiger partial charge is 0.457 e. The molecule has 0 atom stereocenters. The summed E-state index contributed by atoms with van der Waals surface area (Å²) in [5, 5.41) is 0. The average Bonchev–Trinajstić information content (AvgIpc) is 3.37. The van der Waals surface area contributed by atoms with Gasteiger partial charge in [-0.1, -0.05) is 18.2 Å². The normalized spacial score (nSPS) is 15.0. The van der Waals surface area contributed by atoms with Crippen molar-refractivity contribution >= 4 is 35.0 Å². The summed E-state index contributed by atoms with van der Waals surface area (Å²) in [6.07, 6.45) is 2.76. The van der Waals surface area contributed by atoms with E-state index < -0.39 is 11.7 Å². The van der Waals surface area contributed by atoms with Crippen LogP contribution >= 0.6 is 11.8 Å². The van der Waals surface area contributed by atoms with Crippen molar-refractivity contribution in [3.63, 3.8) is 0 Å². The van der Waals surface area contributed by atoms with Crippen LogP contribution in [0.15, 0.2) is 65.6 Å². The fourth-order valence-electron chi connectivity index (χ4n) is 4.04. The minimum atomic E-state index is -0.819. The zero-order chi connectivity index (χ0) is 25.7. The van der Waals surface area contributed by atoms with Gasteiger partial charge in [0.25, 0.3) is 5.91 Å². The van der Waals surface area contributed by atoms with Crippen LogP contribution in [0, 0.1) is 11.6 Å². The van der Waals surface area contributed by atoms with E-state index in [4.69, 9.17) is 10.5 Å². The van der Waals surface area contributed by atoms with E-state index in [2.05, 4.69) is 4.90 Å². The van der Waals surface area contributed by atoms with Crippen LogP contribution in [-0.2, 0) is 4.79 Å². The first kappa shape index (κ1) is 25.5. The maximum Gasteiger partial charge on any atom is 0.251 e. The molecule has 0 bridgehead atoms. The molecule has 3 aromatic rings. The average molecular weight is 512 g/mol. The number of anilines is 2. The Morgan fingerprint density at radius 3 is 2.36 bits per heavy atom. The molecule has 2 aliphatic heterocycles. The highest BCUT2D eigenvalue weighted by molar-refractivity contribution is 7.99. The molecule has 9 heteroatoms. The third-order valence-electron chi connectivity index (χ3n) is 5.97. The van der Waals surface area contributed by atoms with Crippen LogP contribution in [0.2, 0.25) is 0 Å². The van der Waals surface area contributed by atoms with Gasteiger partial charge in [-0.2, -0.15) is 0 Å². The molecule has 1 saturated heterocycles. The Balaban J connectivity index is 0.000000170. The number of hydrogen-bond donors (Lipinski definition) is 1. The summed E-state index contributed by atoms with van der Waals surface area (Å²) in [7, 11) is 1.72. The van der Waals surface area contributed by atoms with Crippen LogP contribution in [-0.4, -0.2) is 37.7 Å². The summed E-state index contributed by atoms with van der Waals surface area (Å²) >= 11 is 1.64. The molecular weight excluding hydrogens is 484 g/mol. The first-order valence-corrected chi connectivity index (χ1v) is 12.6. The summed E-state index contributed by atoms with van der Waals surface area (Å²) in [6, 6.07) is 16.3. The molecule has 2 amide bonds. The van der Waals surface area contributed by atoms with Crippen molar-refractivity contribution in [2.24, 2.45) is 5.73 Å². The van der Waals surface area contributed by atoms with E-state index >= 15 is 0 Å². The smallest absolute Gasteiger partial charge is 0.251 e. The second kappa shape index (κ2) is 11.4. The van der Waals surface area contributed by atoms with Gasteiger partial charge in [0.1, 0.15) is 23.1 Å². The van der Waals surface area contributed by atoms with Gasteiger partial charge in [-0.15, -0.1) is 11.8 Å². The Morgan fingerprint density at radius 1 is 0.944 bits per heavy atom. The molecule has 0 aromatic heterocycles. The Bertz CT molecular complexity index is 1250. The molecule has 188 valence electrons. The van der Waals surface area contributed by atoms with Crippen molar-refractivity contribution in [3.8, 4) is 11.5 Å². The van der Waals surface area contributed by atoms with Crippen LogP contribution in [0.3, 0.4) is 0 Å². The van der Waals surface area contributed by atoms with Gasteiger partial charge in [-0.3, -0.25) is 9.59 Å². The number of halogens is 2. The fraction of sp³-hybridized carbons (Fsp3) is 0.259. The number of fused-ring (bicyclic) bond motifs is 1. The van der Waals surface area contributed by atoms with E-state index in [0.29, 0.717) is 29.3 Å². The Labute approximate surface area is 213 Å². The number of nitrogens with two attached hydrogens (primary N) is 1. The highest BCUT2D eigenvalue weighted by Gasteiger charge is 2.24. The highest BCUT2D eigenvalue weighted by Crippen LogP contribution is 2.38. The number of ether oxygens (including phenoxy) is 1. The van der Waals surface area contributed by atoms with Gasteiger partial charge >= 0.3 is 0 Å². The molecule has 0 spiro atoms.